The van der Waals surface area contributed by atoms with Crippen molar-refractivity contribution in [1.82, 2.24) is 14.7 Å². The third-order valence-corrected chi connectivity index (χ3v) is 6.64. The third-order valence-electron chi connectivity index (χ3n) is 6.64. The number of para-hydroxylation sites is 1. The molecule has 1 aliphatic heterocycles. The Balaban J connectivity index is 1.42. The summed E-state index contributed by atoms with van der Waals surface area (Å²) in [5, 5.41) is 7.68. The van der Waals surface area contributed by atoms with Gasteiger partial charge in [-0.15, -0.1) is 0 Å². The molecule has 3 aromatic carbocycles. The molecule has 3 amide bonds. The number of anilines is 2. The molecule has 0 radical (unpaired) electrons. The Bertz CT molecular complexity index is 1430. The SMILES string of the molecule is Cc1ccc(NC(=O)N2CCc3c(c(CN(C(=O)c4ccccc4F)c4ccccc4)nn3C)C2)cc1. The van der Waals surface area contributed by atoms with E-state index in [1.165, 1.54) is 17.0 Å². The zero-order valence-corrected chi connectivity index (χ0v) is 20.8. The fraction of sp³-hybridized carbons (Fsp3) is 0.207. The molecule has 1 N–H and O–H groups in total. The van der Waals surface area contributed by atoms with Crippen LogP contribution < -0.4 is 10.2 Å². The maximum absolute atomic E-state index is 14.6. The molecule has 8 heteroatoms. The normalized spacial score (nSPS) is 12.7. The van der Waals surface area contributed by atoms with Crippen molar-refractivity contribution in [3.05, 3.63) is 113 Å². The number of aromatic nitrogens is 2. The summed E-state index contributed by atoms with van der Waals surface area (Å²) in [5.41, 5.74) is 5.11. The van der Waals surface area contributed by atoms with Crippen LogP contribution in [-0.2, 0) is 26.6 Å². The smallest absolute Gasteiger partial charge is 0.320 e. The Labute approximate surface area is 215 Å². The lowest BCUT2D eigenvalue weighted by atomic mass is 10.0. The van der Waals surface area contributed by atoms with Crippen LogP contribution >= 0.6 is 0 Å². The van der Waals surface area contributed by atoms with E-state index in [0.717, 1.165) is 22.5 Å². The second-order valence-corrected chi connectivity index (χ2v) is 9.17. The predicted octanol–water partition coefficient (Wildman–Crippen LogP) is 5.30. The molecule has 5 rings (SSSR count). The molecule has 1 aromatic heterocycles. The summed E-state index contributed by atoms with van der Waals surface area (Å²) >= 11 is 0. The van der Waals surface area contributed by atoms with Crippen molar-refractivity contribution in [1.29, 1.82) is 0 Å². The summed E-state index contributed by atoms with van der Waals surface area (Å²) in [7, 11) is 1.87. The van der Waals surface area contributed by atoms with E-state index >= 15 is 0 Å². The molecule has 0 saturated heterocycles. The second kappa shape index (κ2) is 10.3. The van der Waals surface area contributed by atoms with Gasteiger partial charge in [-0.05, 0) is 43.3 Å². The van der Waals surface area contributed by atoms with Crippen molar-refractivity contribution in [2.24, 2.45) is 7.05 Å². The van der Waals surface area contributed by atoms with E-state index in [-0.39, 0.29) is 18.1 Å². The molecule has 0 saturated carbocycles. The molecule has 0 bridgehead atoms. The van der Waals surface area contributed by atoms with E-state index in [0.29, 0.717) is 30.9 Å². The zero-order chi connectivity index (χ0) is 25.9. The van der Waals surface area contributed by atoms with Crippen molar-refractivity contribution in [2.75, 3.05) is 16.8 Å². The van der Waals surface area contributed by atoms with E-state index in [4.69, 9.17) is 5.10 Å². The van der Waals surface area contributed by atoms with Gasteiger partial charge in [-0.1, -0.05) is 48.0 Å². The maximum Gasteiger partial charge on any atom is 0.322 e. The topological polar surface area (TPSA) is 70.5 Å². The first-order chi connectivity index (χ1) is 17.9. The summed E-state index contributed by atoms with van der Waals surface area (Å²) in [4.78, 5) is 29.8. The van der Waals surface area contributed by atoms with Crippen LogP contribution in [0.2, 0.25) is 0 Å². The number of benzene rings is 3. The van der Waals surface area contributed by atoms with Gasteiger partial charge < -0.3 is 15.1 Å². The van der Waals surface area contributed by atoms with E-state index in [1.807, 2.05) is 73.3 Å². The highest BCUT2D eigenvalue weighted by Crippen LogP contribution is 2.27. The molecule has 0 unspecified atom stereocenters. The molecule has 37 heavy (non-hydrogen) atoms. The molecule has 0 atom stereocenters. The number of nitrogens with zero attached hydrogens (tertiary/aromatic N) is 4. The predicted molar refractivity (Wildman–Crippen MR) is 141 cm³/mol. The molecule has 4 aromatic rings. The van der Waals surface area contributed by atoms with Crippen LogP contribution in [0.3, 0.4) is 0 Å². The number of amides is 3. The lowest BCUT2D eigenvalue weighted by Gasteiger charge is -2.29. The Hall–Kier alpha value is -4.46. The lowest BCUT2D eigenvalue weighted by Crippen LogP contribution is -2.39. The zero-order valence-electron chi connectivity index (χ0n) is 20.8. The third kappa shape index (κ3) is 5.09. The van der Waals surface area contributed by atoms with Gasteiger partial charge in [0.25, 0.3) is 5.91 Å². The van der Waals surface area contributed by atoms with E-state index in [2.05, 4.69) is 5.32 Å². The number of carbonyl (C=O) groups excluding carboxylic acids is 2. The van der Waals surface area contributed by atoms with Crippen molar-refractivity contribution in [2.45, 2.75) is 26.4 Å². The van der Waals surface area contributed by atoms with E-state index in [9.17, 15) is 14.0 Å². The van der Waals surface area contributed by atoms with Crippen LogP contribution in [0.1, 0.15) is 32.9 Å². The van der Waals surface area contributed by atoms with Gasteiger partial charge in [0.2, 0.25) is 0 Å². The highest BCUT2D eigenvalue weighted by Gasteiger charge is 2.29. The van der Waals surface area contributed by atoms with Gasteiger partial charge in [-0.2, -0.15) is 5.10 Å². The average molecular weight is 498 g/mol. The van der Waals surface area contributed by atoms with Gasteiger partial charge in [0.15, 0.2) is 0 Å². The summed E-state index contributed by atoms with van der Waals surface area (Å²) < 4.78 is 16.4. The minimum Gasteiger partial charge on any atom is -0.320 e. The summed E-state index contributed by atoms with van der Waals surface area (Å²) in [5.74, 6) is -1.02. The van der Waals surface area contributed by atoms with Crippen molar-refractivity contribution >= 4 is 23.3 Å². The molecular weight excluding hydrogens is 469 g/mol. The van der Waals surface area contributed by atoms with Crippen LogP contribution in [0.4, 0.5) is 20.6 Å². The monoisotopic (exact) mass is 497 g/mol. The van der Waals surface area contributed by atoms with Crippen LogP contribution in [0.5, 0.6) is 0 Å². The number of hydrogen-bond acceptors (Lipinski definition) is 3. The number of fused-ring (bicyclic) bond motifs is 1. The van der Waals surface area contributed by atoms with Gasteiger partial charge >= 0.3 is 6.03 Å². The average Bonchev–Trinajstić information content (AvgIpc) is 3.23. The Morgan fingerprint density at radius 1 is 1.00 bits per heavy atom. The van der Waals surface area contributed by atoms with Crippen molar-refractivity contribution in [3.8, 4) is 0 Å². The van der Waals surface area contributed by atoms with Gasteiger partial charge in [-0.25, -0.2) is 9.18 Å². The van der Waals surface area contributed by atoms with Crippen LogP contribution in [0.15, 0.2) is 78.9 Å². The van der Waals surface area contributed by atoms with Gasteiger partial charge in [0, 0.05) is 42.6 Å². The summed E-state index contributed by atoms with van der Waals surface area (Å²) in [6.45, 7) is 3.07. The Kier molecular flexibility index (Phi) is 6.72. The lowest BCUT2D eigenvalue weighted by molar-refractivity contribution is 0.0980. The molecule has 0 aliphatic carbocycles. The largest absolute Gasteiger partial charge is 0.322 e. The van der Waals surface area contributed by atoms with Gasteiger partial charge in [-0.3, -0.25) is 9.48 Å². The number of carbonyl (C=O) groups is 2. The van der Waals surface area contributed by atoms with Crippen LogP contribution in [-0.4, -0.2) is 33.2 Å². The molecule has 1 aliphatic rings. The minimum absolute atomic E-state index is 0.00439. The van der Waals surface area contributed by atoms with E-state index in [1.54, 1.807) is 17.0 Å². The number of urea groups is 1. The number of halogens is 1. The van der Waals surface area contributed by atoms with E-state index < -0.39 is 11.7 Å². The number of aryl methyl sites for hydroxylation is 2. The van der Waals surface area contributed by atoms with Crippen LogP contribution in [0.25, 0.3) is 0 Å². The second-order valence-electron chi connectivity index (χ2n) is 9.17. The van der Waals surface area contributed by atoms with Crippen molar-refractivity contribution < 1.29 is 14.0 Å². The molecule has 7 nitrogen and oxygen atoms in total. The Morgan fingerprint density at radius 3 is 2.43 bits per heavy atom. The fourth-order valence-electron chi connectivity index (χ4n) is 4.63. The first-order valence-corrected chi connectivity index (χ1v) is 12.2. The number of rotatable bonds is 5. The maximum atomic E-state index is 14.6. The quantitative estimate of drug-likeness (QED) is 0.407. The molecule has 0 fully saturated rings. The summed E-state index contributed by atoms with van der Waals surface area (Å²) in [6.07, 6.45) is 0.646. The van der Waals surface area contributed by atoms with Crippen LogP contribution in [0, 0.1) is 12.7 Å². The van der Waals surface area contributed by atoms with Crippen molar-refractivity contribution in [3.63, 3.8) is 0 Å². The Morgan fingerprint density at radius 2 is 1.70 bits per heavy atom. The molecule has 0 spiro atoms. The molecule has 2 heterocycles. The van der Waals surface area contributed by atoms with Gasteiger partial charge in [0.05, 0.1) is 24.3 Å². The fourth-order valence-corrected chi connectivity index (χ4v) is 4.63. The minimum atomic E-state index is -0.574. The highest BCUT2D eigenvalue weighted by atomic mass is 19.1. The standard InChI is InChI=1S/C29H28FN5O2/c1-20-12-14-21(15-13-20)31-29(37)34-17-16-27-24(18-34)26(32-33(27)2)19-35(22-8-4-3-5-9-22)28(36)23-10-6-7-11-25(23)30/h3-15H,16-19H2,1-2H3,(H,31,37). The highest BCUT2D eigenvalue weighted by molar-refractivity contribution is 6.06. The molecule has 188 valence electrons. The first-order valence-electron chi connectivity index (χ1n) is 12.2. The summed E-state index contributed by atoms with van der Waals surface area (Å²) in [6, 6.07) is 22.6. The van der Waals surface area contributed by atoms with Gasteiger partial charge in [0.1, 0.15) is 5.82 Å². The molecular formula is C29H28FN5O2. The number of nitrogens with one attached hydrogen (secondary N) is 1. The number of hydrogen-bond donors (Lipinski definition) is 1. The first kappa shape index (κ1) is 24.2.